The van der Waals surface area contributed by atoms with Gasteiger partial charge in [-0.15, -0.1) is 0 Å². The van der Waals surface area contributed by atoms with Gasteiger partial charge in [0.25, 0.3) is 0 Å². The molecule has 0 amide bonds. The Kier molecular flexibility index (Phi) is 4.95. The molecule has 0 aliphatic heterocycles. The van der Waals surface area contributed by atoms with Crippen molar-refractivity contribution < 1.29 is 9.90 Å². The van der Waals surface area contributed by atoms with E-state index in [4.69, 9.17) is 10.4 Å². The fourth-order valence-electron chi connectivity index (χ4n) is 2.12. The van der Waals surface area contributed by atoms with E-state index in [1.807, 2.05) is 0 Å². The van der Waals surface area contributed by atoms with Crippen LogP contribution in [0.4, 0.5) is 0 Å². The van der Waals surface area contributed by atoms with Crippen LogP contribution >= 0.6 is 0 Å². The third-order valence-corrected chi connectivity index (χ3v) is 3.52. The Morgan fingerprint density at radius 1 is 1.53 bits per heavy atom. The van der Waals surface area contributed by atoms with Crippen molar-refractivity contribution in [1.82, 2.24) is 4.90 Å². The zero-order valence-corrected chi connectivity index (χ0v) is 10.8. The molecule has 0 aromatic rings. The molecule has 1 aliphatic carbocycles. The number of carboxylic acids is 1. The van der Waals surface area contributed by atoms with Crippen LogP contribution in [0.25, 0.3) is 0 Å². The van der Waals surface area contributed by atoms with Crippen molar-refractivity contribution in [3.05, 3.63) is 0 Å². The smallest absolute Gasteiger partial charge is 0.303 e. The van der Waals surface area contributed by atoms with Gasteiger partial charge in [0.15, 0.2) is 0 Å². The fraction of sp³-hybridized carbons (Fsp3) is 0.846. The summed E-state index contributed by atoms with van der Waals surface area (Å²) in [5, 5.41) is 17.4. The summed E-state index contributed by atoms with van der Waals surface area (Å²) < 4.78 is 0. The fourth-order valence-corrected chi connectivity index (χ4v) is 2.12. The number of carbonyl (C=O) groups is 1. The molecule has 0 aromatic carbocycles. The van der Waals surface area contributed by atoms with Crippen LogP contribution in [0.3, 0.4) is 0 Å². The minimum atomic E-state index is -0.730. The van der Waals surface area contributed by atoms with E-state index in [9.17, 15) is 4.79 Å². The number of carboxylic acid groups (broad SMARTS) is 1. The molecule has 96 valence electrons. The first-order valence-electron chi connectivity index (χ1n) is 6.32. The molecule has 4 heteroatoms. The first-order chi connectivity index (χ1) is 7.99. The monoisotopic (exact) mass is 238 g/mol. The molecule has 0 unspecified atom stereocenters. The Labute approximate surface area is 103 Å². The van der Waals surface area contributed by atoms with Gasteiger partial charge in [0.1, 0.15) is 0 Å². The number of hydrogen-bond acceptors (Lipinski definition) is 3. The summed E-state index contributed by atoms with van der Waals surface area (Å²) >= 11 is 0. The van der Waals surface area contributed by atoms with Crippen molar-refractivity contribution in [1.29, 1.82) is 5.26 Å². The quantitative estimate of drug-likeness (QED) is 0.704. The SMILES string of the molecule is CC(C)N(CCCC(=O)O)CC1(CC#N)CC1. The molecular weight excluding hydrogens is 216 g/mol. The van der Waals surface area contributed by atoms with Gasteiger partial charge in [-0.3, -0.25) is 4.79 Å². The predicted molar refractivity (Wildman–Crippen MR) is 65.5 cm³/mol. The van der Waals surface area contributed by atoms with Crippen molar-refractivity contribution in [3.63, 3.8) is 0 Å². The summed E-state index contributed by atoms with van der Waals surface area (Å²) in [6.45, 7) is 6.02. The van der Waals surface area contributed by atoms with Crippen molar-refractivity contribution >= 4 is 5.97 Å². The Morgan fingerprint density at radius 3 is 2.59 bits per heavy atom. The lowest BCUT2D eigenvalue weighted by atomic mass is 10.0. The predicted octanol–water partition coefficient (Wildman–Crippen LogP) is 2.26. The summed E-state index contributed by atoms with van der Waals surface area (Å²) in [6.07, 6.45) is 3.84. The van der Waals surface area contributed by atoms with Crippen molar-refractivity contribution in [2.75, 3.05) is 13.1 Å². The normalized spacial score (nSPS) is 17.1. The van der Waals surface area contributed by atoms with Crippen LogP contribution in [-0.2, 0) is 4.79 Å². The van der Waals surface area contributed by atoms with E-state index in [0.29, 0.717) is 18.9 Å². The Hall–Kier alpha value is -1.08. The van der Waals surface area contributed by atoms with Crippen LogP contribution < -0.4 is 0 Å². The van der Waals surface area contributed by atoms with E-state index in [1.165, 1.54) is 0 Å². The van der Waals surface area contributed by atoms with Gasteiger partial charge in [-0.2, -0.15) is 5.26 Å². The molecule has 17 heavy (non-hydrogen) atoms. The molecule has 0 saturated heterocycles. The summed E-state index contributed by atoms with van der Waals surface area (Å²) in [4.78, 5) is 12.8. The zero-order valence-electron chi connectivity index (χ0n) is 10.8. The lowest BCUT2D eigenvalue weighted by molar-refractivity contribution is -0.137. The second-order valence-electron chi connectivity index (χ2n) is 5.40. The number of nitrogens with zero attached hydrogens (tertiary/aromatic N) is 2. The van der Waals surface area contributed by atoms with Crippen LogP contribution in [0.5, 0.6) is 0 Å². The van der Waals surface area contributed by atoms with Crippen molar-refractivity contribution in [2.24, 2.45) is 5.41 Å². The lowest BCUT2D eigenvalue weighted by Crippen LogP contribution is -2.37. The van der Waals surface area contributed by atoms with Gasteiger partial charge in [0.2, 0.25) is 0 Å². The van der Waals surface area contributed by atoms with Crippen molar-refractivity contribution in [3.8, 4) is 6.07 Å². The van der Waals surface area contributed by atoms with Gasteiger partial charge in [0, 0.05) is 25.4 Å². The Morgan fingerprint density at radius 2 is 2.18 bits per heavy atom. The number of rotatable bonds is 8. The molecule has 0 spiro atoms. The van der Waals surface area contributed by atoms with Crippen LogP contribution in [-0.4, -0.2) is 35.1 Å². The number of nitriles is 1. The summed E-state index contributed by atoms with van der Waals surface area (Å²) in [5.41, 5.74) is 0.211. The van der Waals surface area contributed by atoms with Gasteiger partial charge in [-0.1, -0.05) is 0 Å². The third-order valence-electron chi connectivity index (χ3n) is 3.52. The van der Waals surface area contributed by atoms with Gasteiger partial charge in [-0.25, -0.2) is 0 Å². The van der Waals surface area contributed by atoms with Crippen LogP contribution in [0.15, 0.2) is 0 Å². The molecule has 1 fully saturated rings. The van der Waals surface area contributed by atoms with E-state index in [2.05, 4.69) is 24.8 Å². The molecule has 1 saturated carbocycles. The van der Waals surface area contributed by atoms with Crippen LogP contribution in [0.2, 0.25) is 0 Å². The third kappa shape index (κ3) is 4.74. The maximum atomic E-state index is 10.5. The second-order valence-corrected chi connectivity index (χ2v) is 5.40. The number of aliphatic carboxylic acids is 1. The average molecular weight is 238 g/mol. The molecule has 4 nitrogen and oxygen atoms in total. The van der Waals surface area contributed by atoms with Gasteiger partial charge in [-0.05, 0) is 45.1 Å². The molecule has 1 N–H and O–H groups in total. The average Bonchev–Trinajstić information content (AvgIpc) is 2.96. The summed E-state index contributed by atoms with van der Waals surface area (Å²) in [6, 6.07) is 2.68. The van der Waals surface area contributed by atoms with Crippen LogP contribution in [0.1, 0.15) is 46.0 Å². The summed E-state index contributed by atoms with van der Waals surface area (Å²) in [7, 11) is 0. The highest BCUT2D eigenvalue weighted by atomic mass is 16.4. The second kappa shape index (κ2) is 6.02. The van der Waals surface area contributed by atoms with E-state index >= 15 is 0 Å². The minimum Gasteiger partial charge on any atom is -0.481 e. The Balaban J connectivity index is 2.39. The molecule has 0 atom stereocenters. The number of hydrogen-bond donors (Lipinski definition) is 1. The topological polar surface area (TPSA) is 64.3 Å². The maximum absolute atomic E-state index is 10.5. The highest BCUT2D eigenvalue weighted by Crippen LogP contribution is 2.49. The van der Waals surface area contributed by atoms with Crippen molar-refractivity contribution in [2.45, 2.75) is 52.0 Å². The molecule has 0 radical (unpaired) electrons. The lowest BCUT2D eigenvalue weighted by Gasteiger charge is -2.29. The Bertz CT molecular complexity index is 303. The summed E-state index contributed by atoms with van der Waals surface area (Å²) in [5.74, 6) is -0.730. The van der Waals surface area contributed by atoms with Gasteiger partial charge < -0.3 is 10.0 Å². The largest absolute Gasteiger partial charge is 0.481 e. The van der Waals surface area contributed by atoms with E-state index < -0.39 is 5.97 Å². The van der Waals surface area contributed by atoms with E-state index in [0.717, 1.165) is 25.9 Å². The van der Waals surface area contributed by atoms with Crippen LogP contribution in [0, 0.1) is 16.7 Å². The zero-order chi connectivity index (χ0) is 12.9. The van der Waals surface area contributed by atoms with Gasteiger partial charge in [0.05, 0.1) is 6.07 Å². The molecule has 0 bridgehead atoms. The first-order valence-corrected chi connectivity index (χ1v) is 6.32. The van der Waals surface area contributed by atoms with E-state index in [-0.39, 0.29) is 11.8 Å². The van der Waals surface area contributed by atoms with E-state index in [1.54, 1.807) is 0 Å². The first kappa shape index (κ1) is 14.0. The molecule has 1 rings (SSSR count). The highest BCUT2D eigenvalue weighted by molar-refractivity contribution is 5.66. The highest BCUT2D eigenvalue weighted by Gasteiger charge is 2.43. The van der Waals surface area contributed by atoms with Gasteiger partial charge >= 0.3 is 5.97 Å². The maximum Gasteiger partial charge on any atom is 0.303 e. The molecule has 0 aromatic heterocycles. The molecule has 0 heterocycles. The standard InChI is InChI=1S/C13H22N2O2/c1-11(2)15(9-3-4-12(16)17)10-13(5-6-13)7-8-14/h11H,3-7,9-10H2,1-2H3,(H,16,17). The minimum absolute atomic E-state index is 0.211. The molecule has 1 aliphatic rings. The molecular formula is C13H22N2O2.